The van der Waals surface area contributed by atoms with E-state index in [-0.39, 0.29) is 24.1 Å². The minimum absolute atomic E-state index is 0.170. The second-order valence-electron chi connectivity index (χ2n) is 6.17. The molecular formula is C22H20ClN3O2. The normalized spacial score (nSPS) is 10.4. The number of nitrogens with one attached hydrogen (secondary N) is 2. The molecule has 0 atom stereocenters. The fraction of sp³-hybridized carbons (Fsp3) is 0.136. The van der Waals surface area contributed by atoms with Gasteiger partial charge in [-0.25, -0.2) is 0 Å². The fourth-order valence-electron chi connectivity index (χ4n) is 2.75. The molecule has 0 aliphatic carbocycles. The second kappa shape index (κ2) is 9.15. The summed E-state index contributed by atoms with van der Waals surface area (Å²) >= 11 is 6.10. The highest BCUT2D eigenvalue weighted by molar-refractivity contribution is 6.31. The quantitative estimate of drug-likeness (QED) is 0.648. The zero-order valence-corrected chi connectivity index (χ0v) is 16.2. The van der Waals surface area contributed by atoms with Crippen LogP contribution in [0.2, 0.25) is 5.02 Å². The minimum atomic E-state index is -0.372. The first-order valence-corrected chi connectivity index (χ1v) is 9.33. The van der Waals surface area contributed by atoms with Crippen LogP contribution in [0.5, 0.6) is 0 Å². The van der Waals surface area contributed by atoms with E-state index in [2.05, 4.69) is 15.6 Å². The molecule has 0 aliphatic heterocycles. The van der Waals surface area contributed by atoms with E-state index in [1.165, 1.54) is 12.3 Å². The van der Waals surface area contributed by atoms with Gasteiger partial charge in [-0.2, -0.15) is 0 Å². The summed E-state index contributed by atoms with van der Waals surface area (Å²) in [5.74, 6) is -0.660. The summed E-state index contributed by atoms with van der Waals surface area (Å²) in [4.78, 5) is 29.1. The van der Waals surface area contributed by atoms with E-state index in [1.807, 2.05) is 49.4 Å². The van der Waals surface area contributed by atoms with E-state index >= 15 is 0 Å². The summed E-state index contributed by atoms with van der Waals surface area (Å²) in [5, 5.41) is 6.25. The van der Waals surface area contributed by atoms with Gasteiger partial charge in [-0.15, -0.1) is 0 Å². The van der Waals surface area contributed by atoms with Crippen LogP contribution in [-0.2, 0) is 13.0 Å². The Hall–Kier alpha value is -3.18. The molecule has 2 aromatic carbocycles. The molecule has 0 radical (unpaired) electrons. The number of carbonyl (C=O) groups excluding carboxylic acids is 2. The maximum absolute atomic E-state index is 12.6. The van der Waals surface area contributed by atoms with Crippen molar-refractivity contribution in [2.24, 2.45) is 0 Å². The fourth-order valence-corrected chi connectivity index (χ4v) is 2.95. The van der Waals surface area contributed by atoms with Gasteiger partial charge >= 0.3 is 0 Å². The molecule has 2 amide bonds. The summed E-state index contributed by atoms with van der Waals surface area (Å²) in [6.45, 7) is 2.30. The predicted molar refractivity (Wildman–Crippen MR) is 111 cm³/mol. The monoisotopic (exact) mass is 393 g/mol. The molecule has 1 heterocycles. The van der Waals surface area contributed by atoms with Gasteiger partial charge in [-0.1, -0.05) is 54.9 Å². The van der Waals surface area contributed by atoms with Crippen LogP contribution in [0, 0.1) is 0 Å². The second-order valence-corrected chi connectivity index (χ2v) is 6.58. The summed E-state index contributed by atoms with van der Waals surface area (Å²) < 4.78 is 0. The lowest BCUT2D eigenvalue weighted by molar-refractivity contribution is 0.0946. The van der Waals surface area contributed by atoms with Gasteiger partial charge in [0.05, 0.1) is 0 Å². The van der Waals surface area contributed by atoms with Crippen LogP contribution in [-0.4, -0.2) is 16.8 Å². The topological polar surface area (TPSA) is 71.1 Å². The highest BCUT2D eigenvalue weighted by Crippen LogP contribution is 2.17. The van der Waals surface area contributed by atoms with E-state index in [0.29, 0.717) is 10.6 Å². The zero-order chi connectivity index (χ0) is 19.9. The summed E-state index contributed by atoms with van der Waals surface area (Å²) in [7, 11) is 0. The number of hydrogen-bond donors (Lipinski definition) is 2. The molecule has 142 valence electrons. The number of amides is 2. The van der Waals surface area contributed by atoms with Crippen molar-refractivity contribution < 1.29 is 9.59 Å². The van der Waals surface area contributed by atoms with Gasteiger partial charge in [0.2, 0.25) is 0 Å². The number of benzene rings is 2. The van der Waals surface area contributed by atoms with Crippen molar-refractivity contribution in [3.05, 3.63) is 94.3 Å². The zero-order valence-electron chi connectivity index (χ0n) is 15.4. The lowest BCUT2D eigenvalue weighted by atomic mass is 10.1. The average molecular weight is 394 g/mol. The number of aromatic nitrogens is 1. The van der Waals surface area contributed by atoms with E-state index in [1.54, 1.807) is 12.1 Å². The molecule has 0 bridgehead atoms. The smallest absolute Gasteiger partial charge is 0.270 e. The number of carbonyl (C=O) groups is 2. The Morgan fingerprint density at radius 3 is 2.43 bits per heavy atom. The average Bonchev–Trinajstić information content (AvgIpc) is 2.73. The van der Waals surface area contributed by atoms with Gasteiger partial charge in [0, 0.05) is 29.0 Å². The third-order valence-electron chi connectivity index (χ3n) is 4.30. The molecule has 0 unspecified atom stereocenters. The van der Waals surface area contributed by atoms with Crippen LogP contribution in [0.1, 0.15) is 38.9 Å². The Labute approximate surface area is 168 Å². The highest BCUT2D eigenvalue weighted by Gasteiger charge is 2.13. The molecule has 0 fully saturated rings. The molecule has 3 rings (SSSR count). The van der Waals surface area contributed by atoms with Crippen molar-refractivity contribution in [3.63, 3.8) is 0 Å². The van der Waals surface area contributed by atoms with Crippen LogP contribution in [0.4, 0.5) is 5.69 Å². The van der Waals surface area contributed by atoms with Crippen LogP contribution >= 0.6 is 11.6 Å². The number of para-hydroxylation sites is 1. The molecule has 28 heavy (non-hydrogen) atoms. The van der Waals surface area contributed by atoms with Gasteiger partial charge in [0.25, 0.3) is 11.8 Å². The van der Waals surface area contributed by atoms with Gasteiger partial charge in [0.15, 0.2) is 0 Å². The summed E-state index contributed by atoms with van der Waals surface area (Å²) in [5.41, 5.74) is 3.15. The van der Waals surface area contributed by atoms with Crippen LogP contribution in [0.3, 0.4) is 0 Å². The molecule has 0 spiro atoms. The molecule has 6 heteroatoms. The van der Waals surface area contributed by atoms with Crippen molar-refractivity contribution in [1.29, 1.82) is 0 Å². The van der Waals surface area contributed by atoms with Gasteiger partial charge in [-0.05, 0) is 41.8 Å². The van der Waals surface area contributed by atoms with E-state index in [0.717, 1.165) is 23.2 Å². The van der Waals surface area contributed by atoms with E-state index < -0.39 is 0 Å². The van der Waals surface area contributed by atoms with Crippen molar-refractivity contribution in [2.75, 3.05) is 5.32 Å². The largest absolute Gasteiger partial charge is 0.347 e. The minimum Gasteiger partial charge on any atom is -0.347 e. The van der Waals surface area contributed by atoms with E-state index in [4.69, 9.17) is 11.6 Å². The number of aryl methyl sites for hydroxylation is 1. The van der Waals surface area contributed by atoms with Crippen LogP contribution in [0.25, 0.3) is 0 Å². The lowest BCUT2D eigenvalue weighted by Gasteiger charge is -2.10. The van der Waals surface area contributed by atoms with Crippen molar-refractivity contribution >= 4 is 29.1 Å². The highest BCUT2D eigenvalue weighted by atomic mass is 35.5. The third kappa shape index (κ3) is 4.75. The van der Waals surface area contributed by atoms with Crippen molar-refractivity contribution in [3.8, 4) is 0 Å². The molecular weight excluding hydrogens is 374 g/mol. The first-order valence-electron chi connectivity index (χ1n) is 8.95. The van der Waals surface area contributed by atoms with Gasteiger partial charge < -0.3 is 10.6 Å². The first-order chi connectivity index (χ1) is 13.6. The standard InChI is InChI=1S/C22H20ClN3O2/c1-2-15-7-4-6-10-19(15)26-21(27)16-11-12-24-20(13-16)22(28)25-14-17-8-3-5-9-18(17)23/h3-13H,2,14H2,1H3,(H,25,28)(H,26,27). The maximum Gasteiger partial charge on any atom is 0.270 e. The summed E-state index contributed by atoms with van der Waals surface area (Å²) in [6, 6.07) is 18.0. The molecule has 0 aliphatic rings. The molecule has 1 aromatic heterocycles. The Balaban J connectivity index is 1.70. The first kappa shape index (κ1) is 19.6. The number of hydrogen-bond acceptors (Lipinski definition) is 3. The molecule has 2 N–H and O–H groups in total. The SMILES string of the molecule is CCc1ccccc1NC(=O)c1ccnc(C(=O)NCc2ccccc2Cl)c1. The number of anilines is 1. The Morgan fingerprint density at radius 2 is 1.68 bits per heavy atom. The van der Waals surface area contributed by atoms with E-state index in [9.17, 15) is 9.59 Å². The van der Waals surface area contributed by atoms with Crippen molar-refractivity contribution in [2.45, 2.75) is 19.9 Å². The third-order valence-corrected chi connectivity index (χ3v) is 4.67. The van der Waals surface area contributed by atoms with Crippen LogP contribution < -0.4 is 10.6 Å². The number of pyridine rings is 1. The maximum atomic E-state index is 12.6. The van der Waals surface area contributed by atoms with Crippen molar-refractivity contribution in [1.82, 2.24) is 10.3 Å². The molecule has 3 aromatic rings. The number of halogens is 1. The Kier molecular flexibility index (Phi) is 6.40. The van der Waals surface area contributed by atoms with Gasteiger partial charge in [0.1, 0.15) is 5.69 Å². The van der Waals surface area contributed by atoms with Crippen LogP contribution in [0.15, 0.2) is 66.9 Å². The number of nitrogens with zero attached hydrogens (tertiary/aromatic N) is 1. The Morgan fingerprint density at radius 1 is 0.964 bits per heavy atom. The molecule has 0 saturated carbocycles. The number of rotatable bonds is 6. The Bertz CT molecular complexity index is 1000. The van der Waals surface area contributed by atoms with Gasteiger partial charge in [-0.3, -0.25) is 14.6 Å². The predicted octanol–water partition coefficient (Wildman–Crippen LogP) is 4.48. The summed E-state index contributed by atoms with van der Waals surface area (Å²) in [6.07, 6.45) is 2.26. The molecule has 5 nitrogen and oxygen atoms in total. The molecule has 0 saturated heterocycles. The lowest BCUT2D eigenvalue weighted by Crippen LogP contribution is -2.24.